The summed E-state index contributed by atoms with van der Waals surface area (Å²) in [5, 5.41) is 9.76. The zero-order valence-electron chi connectivity index (χ0n) is 8.71. The Morgan fingerprint density at radius 1 is 1.25 bits per heavy atom. The molecular weight excluding hydrogens is 246 g/mol. The van der Waals surface area contributed by atoms with E-state index in [0.29, 0.717) is 6.54 Å². The third-order valence-electron chi connectivity index (χ3n) is 1.98. The molecule has 0 saturated carbocycles. The molecule has 2 rings (SSSR count). The van der Waals surface area contributed by atoms with E-state index in [9.17, 15) is 0 Å². The molecule has 0 saturated heterocycles. The molecule has 2 N–H and O–H groups in total. The van der Waals surface area contributed by atoms with Gasteiger partial charge in [-0.05, 0) is 24.3 Å². The van der Waals surface area contributed by atoms with Gasteiger partial charge < -0.3 is 10.5 Å². The van der Waals surface area contributed by atoms with Crippen LogP contribution in [0.4, 0.5) is 0 Å². The second-order valence-electron chi connectivity index (χ2n) is 2.93. The molecule has 0 fully saturated rings. The number of ether oxygens (including phenoxy) is 1. The molecule has 0 aliphatic heterocycles. The van der Waals surface area contributed by atoms with Gasteiger partial charge in [-0.3, -0.25) is 0 Å². The quantitative estimate of drug-likeness (QED) is 0.915. The lowest BCUT2D eigenvalue weighted by molar-refractivity contribution is 0.415. The van der Waals surface area contributed by atoms with Crippen molar-refractivity contribution in [3.05, 3.63) is 29.3 Å². The molecule has 1 heterocycles. The Labute approximate surface area is 104 Å². The van der Waals surface area contributed by atoms with Crippen LogP contribution in [0.2, 0.25) is 0 Å². The van der Waals surface area contributed by atoms with Gasteiger partial charge in [0.15, 0.2) is 0 Å². The molecule has 0 unspecified atom stereocenters. The van der Waals surface area contributed by atoms with E-state index in [1.54, 1.807) is 7.11 Å². The van der Waals surface area contributed by atoms with Crippen molar-refractivity contribution in [3.8, 4) is 16.3 Å². The molecule has 0 atom stereocenters. The molecule has 86 valence electrons. The summed E-state index contributed by atoms with van der Waals surface area (Å²) in [4.78, 5) is 0. The van der Waals surface area contributed by atoms with E-state index in [-0.39, 0.29) is 12.4 Å². The molecule has 1 aromatic carbocycles. The fourth-order valence-electron chi connectivity index (χ4n) is 1.19. The van der Waals surface area contributed by atoms with E-state index in [1.165, 1.54) is 11.3 Å². The summed E-state index contributed by atoms with van der Waals surface area (Å²) in [6, 6.07) is 7.72. The first-order valence-electron chi connectivity index (χ1n) is 4.50. The third kappa shape index (κ3) is 2.69. The number of rotatable bonds is 3. The molecule has 6 heteroatoms. The summed E-state index contributed by atoms with van der Waals surface area (Å²) in [6.07, 6.45) is 0. The first kappa shape index (κ1) is 12.9. The van der Waals surface area contributed by atoms with Crippen molar-refractivity contribution in [2.75, 3.05) is 7.11 Å². The van der Waals surface area contributed by atoms with Crippen LogP contribution in [0, 0.1) is 0 Å². The minimum absolute atomic E-state index is 0. The van der Waals surface area contributed by atoms with Gasteiger partial charge in [0, 0.05) is 12.1 Å². The number of hydrogen-bond donors (Lipinski definition) is 1. The van der Waals surface area contributed by atoms with Crippen LogP contribution in [-0.2, 0) is 6.54 Å². The maximum atomic E-state index is 5.47. The molecule has 0 spiro atoms. The zero-order chi connectivity index (χ0) is 10.7. The molecule has 4 nitrogen and oxygen atoms in total. The van der Waals surface area contributed by atoms with E-state index in [1.807, 2.05) is 24.3 Å². The van der Waals surface area contributed by atoms with E-state index in [0.717, 1.165) is 21.3 Å². The second-order valence-corrected chi connectivity index (χ2v) is 4.00. The largest absolute Gasteiger partial charge is 0.497 e. The van der Waals surface area contributed by atoms with Crippen LogP contribution in [0.3, 0.4) is 0 Å². The summed E-state index contributed by atoms with van der Waals surface area (Å²) in [6.45, 7) is 0.438. The Bertz CT molecular complexity index is 444. The van der Waals surface area contributed by atoms with Crippen molar-refractivity contribution < 1.29 is 4.74 Å². The maximum Gasteiger partial charge on any atom is 0.147 e. The smallest absolute Gasteiger partial charge is 0.147 e. The van der Waals surface area contributed by atoms with Gasteiger partial charge in [0.25, 0.3) is 0 Å². The van der Waals surface area contributed by atoms with Gasteiger partial charge in [-0.15, -0.1) is 22.6 Å². The monoisotopic (exact) mass is 257 g/mol. The highest BCUT2D eigenvalue weighted by atomic mass is 35.5. The molecule has 1 aromatic heterocycles. The molecule has 2 aromatic rings. The van der Waals surface area contributed by atoms with Crippen LogP contribution in [0.25, 0.3) is 10.6 Å². The normalized spacial score (nSPS) is 9.62. The minimum Gasteiger partial charge on any atom is -0.497 e. The Morgan fingerprint density at radius 3 is 2.44 bits per heavy atom. The van der Waals surface area contributed by atoms with Crippen LogP contribution < -0.4 is 10.5 Å². The molecule has 0 radical (unpaired) electrons. The van der Waals surface area contributed by atoms with E-state index in [2.05, 4.69) is 10.2 Å². The highest BCUT2D eigenvalue weighted by Gasteiger charge is 2.05. The standard InChI is InChI=1S/C10H11N3OS.ClH/c1-14-8-4-2-7(3-5-8)10-13-12-9(6-11)15-10;/h2-5H,6,11H2,1H3;1H. The number of benzene rings is 1. The van der Waals surface area contributed by atoms with Crippen LogP contribution in [0.1, 0.15) is 5.01 Å². The highest BCUT2D eigenvalue weighted by Crippen LogP contribution is 2.24. The number of hydrogen-bond acceptors (Lipinski definition) is 5. The highest BCUT2D eigenvalue weighted by molar-refractivity contribution is 7.14. The zero-order valence-corrected chi connectivity index (χ0v) is 10.3. The predicted octanol–water partition coefficient (Wildman–Crippen LogP) is 2.09. The van der Waals surface area contributed by atoms with Gasteiger partial charge in [-0.2, -0.15) is 0 Å². The SMILES string of the molecule is COc1ccc(-c2nnc(CN)s2)cc1.Cl. The van der Waals surface area contributed by atoms with Crippen molar-refractivity contribution in [2.45, 2.75) is 6.54 Å². The lowest BCUT2D eigenvalue weighted by Crippen LogP contribution is -1.94. The summed E-state index contributed by atoms with van der Waals surface area (Å²) in [5.41, 5.74) is 6.51. The number of nitrogens with zero attached hydrogens (tertiary/aromatic N) is 2. The van der Waals surface area contributed by atoms with Crippen molar-refractivity contribution in [1.29, 1.82) is 0 Å². The van der Waals surface area contributed by atoms with Gasteiger partial charge in [-0.1, -0.05) is 11.3 Å². The summed E-state index contributed by atoms with van der Waals surface area (Å²) in [5.74, 6) is 0.835. The molecule has 0 bridgehead atoms. The topological polar surface area (TPSA) is 61.0 Å². The summed E-state index contributed by atoms with van der Waals surface area (Å²) < 4.78 is 5.08. The van der Waals surface area contributed by atoms with Crippen molar-refractivity contribution >= 4 is 23.7 Å². The van der Waals surface area contributed by atoms with E-state index < -0.39 is 0 Å². The lowest BCUT2D eigenvalue weighted by atomic mass is 10.2. The average molecular weight is 258 g/mol. The Hall–Kier alpha value is -1.17. The number of methoxy groups -OCH3 is 1. The maximum absolute atomic E-state index is 5.47. The van der Waals surface area contributed by atoms with E-state index in [4.69, 9.17) is 10.5 Å². The average Bonchev–Trinajstić information content (AvgIpc) is 2.78. The minimum atomic E-state index is 0. The fourth-order valence-corrected chi connectivity index (χ4v) is 1.91. The van der Waals surface area contributed by atoms with Crippen molar-refractivity contribution in [1.82, 2.24) is 10.2 Å². The second kappa shape index (κ2) is 5.79. The number of halogens is 1. The third-order valence-corrected chi connectivity index (χ3v) is 2.97. The van der Waals surface area contributed by atoms with Crippen LogP contribution in [-0.4, -0.2) is 17.3 Å². The Morgan fingerprint density at radius 2 is 1.94 bits per heavy atom. The van der Waals surface area contributed by atoms with Crippen LogP contribution in [0.15, 0.2) is 24.3 Å². The summed E-state index contributed by atoms with van der Waals surface area (Å²) >= 11 is 1.51. The predicted molar refractivity (Wildman–Crippen MR) is 67.0 cm³/mol. The molecule has 0 aliphatic rings. The Balaban J connectivity index is 0.00000128. The molecular formula is C10H12ClN3OS. The summed E-state index contributed by atoms with van der Waals surface area (Å²) in [7, 11) is 1.65. The van der Waals surface area contributed by atoms with Crippen LogP contribution >= 0.6 is 23.7 Å². The van der Waals surface area contributed by atoms with E-state index >= 15 is 0 Å². The van der Waals surface area contributed by atoms with Gasteiger partial charge in [0.1, 0.15) is 15.8 Å². The van der Waals surface area contributed by atoms with Gasteiger partial charge >= 0.3 is 0 Å². The van der Waals surface area contributed by atoms with Crippen molar-refractivity contribution in [3.63, 3.8) is 0 Å². The molecule has 0 amide bonds. The number of nitrogens with two attached hydrogens (primary N) is 1. The molecule has 0 aliphatic carbocycles. The number of aromatic nitrogens is 2. The first-order chi connectivity index (χ1) is 7.33. The Kier molecular flexibility index (Phi) is 4.67. The lowest BCUT2D eigenvalue weighted by Gasteiger charge is -1.99. The van der Waals surface area contributed by atoms with Gasteiger partial charge in [0.2, 0.25) is 0 Å². The van der Waals surface area contributed by atoms with Crippen LogP contribution in [0.5, 0.6) is 5.75 Å². The van der Waals surface area contributed by atoms with Gasteiger partial charge in [-0.25, -0.2) is 0 Å². The first-order valence-corrected chi connectivity index (χ1v) is 5.32. The molecule has 16 heavy (non-hydrogen) atoms. The van der Waals surface area contributed by atoms with Crippen molar-refractivity contribution in [2.24, 2.45) is 5.73 Å². The van der Waals surface area contributed by atoms with Gasteiger partial charge in [0.05, 0.1) is 7.11 Å². The fraction of sp³-hybridized carbons (Fsp3) is 0.200.